The van der Waals surface area contributed by atoms with Crippen LogP contribution in [0.4, 0.5) is 0 Å². The average molecular weight is 209 g/mol. The molecule has 0 bridgehead atoms. The molecule has 0 aromatic carbocycles. The molecule has 13 heavy (non-hydrogen) atoms. The first-order valence-electron chi connectivity index (χ1n) is 4.68. The normalized spacial score (nSPS) is 25.4. The molecule has 1 aliphatic rings. The number of aliphatic hydroxyl groups is 1. The highest BCUT2D eigenvalue weighted by atomic mass is 35.5. The zero-order valence-electron chi connectivity index (χ0n) is 8.49. The van der Waals surface area contributed by atoms with E-state index in [-0.39, 0.29) is 12.4 Å². The maximum absolute atomic E-state index is 9.57. The number of likely N-dealkylation sites (tertiary alicyclic amines) is 1. The molecule has 0 aliphatic carbocycles. The summed E-state index contributed by atoms with van der Waals surface area (Å²) in [7, 11) is 0. The molecule has 0 saturated carbocycles. The Morgan fingerprint density at radius 2 is 2.15 bits per heavy atom. The third-order valence-electron chi connectivity index (χ3n) is 2.15. The Labute approximate surface area is 86.7 Å². The molecule has 1 rings (SSSR count). The molecule has 0 aromatic rings. The Morgan fingerprint density at radius 1 is 1.54 bits per heavy atom. The zero-order chi connectivity index (χ0) is 9.19. The minimum atomic E-state index is -0.586. The van der Waals surface area contributed by atoms with Crippen molar-refractivity contribution in [2.45, 2.75) is 38.3 Å². The van der Waals surface area contributed by atoms with Gasteiger partial charge in [0.2, 0.25) is 0 Å². The van der Waals surface area contributed by atoms with Gasteiger partial charge < -0.3 is 10.8 Å². The van der Waals surface area contributed by atoms with Gasteiger partial charge in [-0.05, 0) is 33.2 Å². The van der Waals surface area contributed by atoms with E-state index in [1.807, 2.05) is 13.8 Å². The van der Waals surface area contributed by atoms with Crippen molar-refractivity contribution in [3.63, 3.8) is 0 Å². The lowest BCUT2D eigenvalue weighted by atomic mass is 10.0. The van der Waals surface area contributed by atoms with Crippen LogP contribution in [0, 0.1) is 0 Å². The van der Waals surface area contributed by atoms with Crippen LogP contribution in [0.25, 0.3) is 0 Å². The fourth-order valence-corrected chi connectivity index (χ4v) is 1.78. The second-order valence-electron chi connectivity index (χ2n) is 4.45. The molecule has 0 radical (unpaired) electrons. The van der Waals surface area contributed by atoms with Crippen LogP contribution in [0.1, 0.15) is 26.7 Å². The van der Waals surface area contributed by atoms with E-state index in [1.54, 1.807) is 0 Å². The molecule has 4 heteroatoms. The van der Waals surface area contributed by atoms with Crippen LogP contribution in [0.5, 0.6) is 0 Å². The molecule has 1 heterocycles. The van der Waals surface area contributed by atoms with Gasteiger partial charge in [0.1, 0.15) is 0 Å². The van der Waals surface area contributed by atoms with Gasteiger partial charge in [-0.3, -0.25) is 4.90 Å². The SMILES string of the molecule is CC(C)(O)CN1CCC[C@@H](N)C1.Cl. The van der Waals surface area contributed by atoms with E-state index in [0.717, 1.165) is 32.5 Å². The van der Waals surface area contributed by atoms with E-state index in [9.17, 15) is 5.11 Å². The number of rotatable bonds is 2. The maximum Gasteiger partial charge on any atom is 0.0718 e. The summed E-state index contributed by atoms with van der Waals surface area (Å²) in [4.78, 5) is 2.24. The first kappa shape index (κ1) is 13.2. The molecule has 0 aromatic heterocycles. The first-order valence-corrected chi connectivity index (χ1v) is 4.68. The predicted octanol–water partition coefficient (Wildman–Crippen LogP) is 0.602. The molecule has 0 spiro atoms. The zero-order valence-corrected chi connectivity index (χ0v) is 9.31. The van der Waals surface area contributed by atoms with Crippen LogP contribution >= 0.6 is 12.4 Å². The predicted molar refractivity (Wildman–Crippen MR) is 57.2 cm³/mol. The fraction of sp³-hybridized carbons (Fsp3) is 1.00. The van der Waals surface area contributed by atoms with E-state index < -0.39 is 5.60 Å². The second-order valence-corrected chi connectivity index (χ2v) is 4.45. The highest BCUT2D eigenvalue weighted by molar-refractivity contribution is 5.85. The topological polar surface area (TPSA) is 49.5 Å². The Morgan fingerprint density at radius 3 is 2.62 bits per heavy atom. The first-order chi connectivity index (χ1) is 5.47. The van der Waals surface area contributed by atoms with Gasteiger partial charge in [-0.15, -0.1) is 12.4 Å². The van der Waals surface area contributed by atoms with Crippen LogP contribution in [0.2, 0.25) is 0 Å². The van der Waals surface area contributed by atoms with Crippen molar-refractivity contribution in [2.75, 3.05) is 19.6 Å². The number of β-amino-alcohol motifs (C(OH)–C–C–N with tert-alkyl or cyclic N) is 1. The molecular weight excluding hydrogens is 188 g/mol. The quantitative estimate of drug-likeness (QED) is 0.699. The van der Waals surface area contributed by atoms with Crippen molar-refractivity contribution >= 4 is 12.4 Å². The highest BCUT2D eigenvalue weighted by Gasteiger charge is 2.22. The molecule has 1 saturated heterocycles. The molecule has 0 amide bonds. The Bertz CT molecular complexity index is 147. The minimum Gasteiger partial charge on any atom is -0.389 e. The monoisotopic (exact) mass is 208 g/mol. The number of hydrogen-bond donors (Lipinski definition) is 2. The van der Waals surface area contributed by atoms with Gasteiger partial charge in [0.05, 0.1) is 5.60 Å². The molecule has 1 aliphatic heterocycles. The van der Waals surface area contributed by atoms with Crippen molar-refractivity contribution in [1.29, 1.82) is 0 Å². The van der Waals surface area contributed by atoms with E-state index in [0.29, 0.717) is 6.04 Å². The summed E-state index contributed by atoms with van der Waals surface area (Å²) >= 11 is 0. The number of hydrogen-bond acceptors (Lipinski definition) is 3. The lowest BCUT2D eigenvalue weighted by molar-refractivity contribution is 0.0276. The van der Waals surface area contributed by atoms with Crippen LogP contribution in [0.15, 0.2) is 0 Å². The van der Waals surface area contributed by atoms with Crippen LogP contribution < -0.4 is 5.73 Å². The number of halogens is 1. The summed E-state index contributed by atoms with van der Waals surface area (Å²) in [5.74, 6) is 0. The van der Waals surface area contributed by atoms with Crippen molar-refractivity contribution in [3.8, 4) is 0 Å². The lowest BCUT2D eigenvalue weighted by Gasteiger charge is -2.34. The average Bonchev–Trinajstić information content (AvgIpc) is 1.82. The van der Waals surface area contributed by atoms with Crippen LogP contribution in [-0.4, -0.2) is 41.3 Å². The smallest absolute Gasteiger partial charge is 0.0718 e. The largest absolute Gasteiger partial charge is 0.389 e. The molecule has 1 fully saturated rings. The van der Waals surface area contributed by atoms with Crippen molar-refractivity contribution in [3.05, 3.63) is 0 Å². The van der Waals surface area contributed by atoms with E-state index in [4.69, 9.17) is 5.73 Å². The standard InChI is InChI=1S/C9H20N2O.ClH/c1-9(2,12)7-11-5-3-4-8(10)6-11;/h8,12H,3-7,10H2,1-2H3;1H/t8-;/m1./s1. The fourth-order valence-electron chi connectivity index (χ4n) is 1.78. The number of nitrogens with zero attached hydrogens (tertiary/aromatic N) is 1. The van der Waals surface area contributed by atoms with Crippen LogP contribution in [-0.2, 0) is 0 Å². The Balaban J connectivity index is 0.00000144. The summed E-state index contributed by atoms with van der Waals surface area (Å²) in [5, 5.41) is 9.57. The molecule has 3 N–H and O–H groups in total. The molecular formula is C9H21ClN2O. The molecule has 0 unspecified atom stereocenters. The summed E-state index contributed by atoms with van der Waals surface area (Å²) in [6.45, 7) is 6.43. The third-order valence-corrected chi connectivity index (χ3v) is 2.15. The van der Waals surface area contributed by atoms with Crippen molar-refractivity contribution in [2.24, 2.45) is 5.73 Å². The van der Waals surface area contributed by atoms with Gasteiger partial charge in [-0.1, -0.05) is 0 Å². The second kappa shape index (κ2) is 5.15. The van der Waals surface area contributed by atoms with E-state index >= 15 is 0 Å². The van der Waals surface area contributed by atoms with E-state index in [2.05, 4.69) is 4.90 Å². The van der Waals surface area contributed by atoms with Crippen molar-refractivity contribution < 1.29 is 5.11 Å². The third kappa shape index (κ3) is 5.47. The van der Waals surface area contributed by atoms with Gasteiger partial charge in [-0.25, -0.2) is 0 Å². The minimum absolute atomic E-state index is 0. The van der Waals surface area contributed by atoms with Crippen molar-refractivity contribution in [1.82, 2.24) is 4.90 Å². The van der Waals surface area contributed by atoms with Gasteiger partial charge in [0, 0.05) is 19.1 Å². The van der Waals surface area contributed by atoms with Gasteiger partial charge in [0.15, 0.2) is 0 Å². The van der Waals surface area contributed by atoms with Crippen LogP contribution in [0.3, 0.4) is 0 Å². The van der Waals surface area contributed by atoms with Gasteiger partial charge >= 0.3 is 0 Å². The summed E-state index contributed by atoms with van der Waals surface area (Å²) in [6, 6.07) is 0.307. The lowest BCUT2D eigenvalue weighted by Crippen LogP contribution is -2.48. The molecule has 3 nitrogen and oxygen atoms in total. The molecule has 80 valence electrons. The van der Waals surface area contributed by atoms with Gasteiger partial charge in [-0.2, -0.15) is 0 Å². The van der Waals surface area contributed by atoms with E-state index in [1.165, 1.54) is 0 Å². The maximum atomic E-state index is 9.57. The highest BCUT2D eigenvalue weighted by Crippen LogP contribution is 2.12. The summed E-state index contributed by atoms with van der Waals surface area (Å²) in [6.07, 6.45) is 2.29. The summed E-state index contributed by atoms with van der Waals surface area (Å²) < 4.78 is 0. The Kier molecular flexibility index (Phi) is 5.22. The number of piperidine rings is 1. The molecule has 1 atom stereocenters. The summed E-state index contributed by atoms with van der Waals surface area (Å²) in [5.41, 5.74) is 5.23. The Hall–Kier alpha value is 0.170. The number of nitrogens with two attached hydrogens (primary N) is 1. The van der Waals surface area contributed by atoms with Gasteiger partial charge in [0.25, 0.3) is 0 Å².